The molecule has 7 heteroatoms. The van der Waals surface area contributed by atoms with Crippen LogP contribution in [0.1, 0.15) is 24.3 Å². The van der Waals surface area contributed by atoms with Crippen LogP contribution >= 0.6 is 0 Å². The van der Waals surface area contributed by atoms with Crippen LogP contribution in [0.25, 0.3) is 22.3 Å². The van der Waals surface area contributed by atoms with Crippen molar-refractivity contribution in [3.63, 3.8) is 0 Å². The van der Waals surface area contributed by atoms with Gasteiger partial charge in [-0.25, -0.2) is 9.97 Å². The summed E-state index contributed by atoms with van der Waals surface area (Å²) in [6.07, 6.45) is 4.93. The van der Waals surface area contributed by atoms with Gasteiger partial charge in [0.25, 0.3) is 0 Å². The minimum atomic E-state index is -0.225. The highest BCUT2D eigenvalue weighted by atomic mass is 16.1. The second-order valence-electron chi connectivity index (χ2n) is 7.63. The number of amides is 1. The number of nitrogen functional groups attached to an aromatic ring is 1. The summed E-state index contributed by atoms with van der Waals surface area (Å²) in [7, 11) is 4.18. The van der Waals surface area contributed by atoms with Gasteiger partial charge in [-0.1, -0.05) is 18.7 Å². The zero-order valence-electron chi connectivity index (χ0n) is 16.9. The zero-order valence-corrected chi connectivity index (χ0v) is 16.9. The number of likely N-dealkylation sites (tertiary alicyclic amines) is 1. The molecule has 29 heavy (non-hydrogen) atoms. The third kappa shape index (κ3) is 3.49. The highest BCUT2D eigenvalue weighted by Crippen LogP contribution is 2.42. The smallest absolute Gasteiger partial charge is 0.247 e. The number of hydrogen-bond acceptors (Lipinski definition) is 5. The van der Waals surface area contributed by atoms with Crippen molar-refractivity contribution in [1.29, 1.82) is 0 Å². The summed E-state index contributed by atoms with van der Waals surface area (Å²) in [6, 6.07) is 7.85. The average molecular weight is 390 g/mol. The van der Waals surface area contributed by atoms with E-state index in [-0.39, 0.29) is 5.91 Å². The molecule has 3 N–H and O–H groups in total. The molecular weight excluding hydrogens is 364 g/mol. The van der Waals surface area contributed by atoms with E-state index in [0.717, 1.165) is 53.9 Å². The second-order valence-corrected chi connectivity index (χ2v) is 7.63. The van der Waals surface area contributed by atoms with E-state index in [0.29, 0.717) is 11.7 Å². The van der Waals surface area contributed by atoms with Gasteiger partial charge in [0.2, 0.25) is 5.91 Å². The van der Waals surface area contributed by atoms with Gasteiger partial charge in [0.05, 0.1) is 11.1 Å². The molecule has 7 nitrogen and oxygen atoms in total. The van der Waals surface area contributed by atoms with Gasteiger partial charge in [-0.3, -0.25) is 4.79 Å². The number of aromatic nitrogens is 3. The molecule has 3 aromatic rings. The van der Waals surface area contributed by atoms with E-state index in [4.69, 9.17) is 5.73 Å². The largest absolute Gasteiger partial charge is 0.383 e. The van der Waals surface area contributed by atoms with Crippen LogP contribution in [0, 0.1) is 0 Å². The molecule has 1 amide bonds. The number of carbonyl (C=O) groups is 1. The summed E-state index contributed by atoms with van der Waals surface area (Å²) in [5.41, 5.74) is 11.3. The number of rotatable bonds is 4. The molecule has 1 saturated heterocycles. The maximum Gasteiger partial charge on any atom is 0.247 e. The van der Waals surface area contributed by atoms with Crippen LogP contribution in [0.4, 0.5) is 11.5 Å². The van der Waals surface area contributed by atoms with Gasteiger partial charge in [-0.2, -0.15) is 0 Å². The molecule has 1 aromatic carbocycles. The Kier molecular flexibility index (Phi) is 5.07. The Morgan fingerprint density at radius 2 is 1.90 bits per heavy atom. The van der Waals surface area contributed by atoms with Crippen LogP contribution in [0.2, 0.25) is 0 Å². The second kappa shape index (κ2) is 7.67. The van der Waals surface area contributed by atoms with Gasteiger partial charge in [0.1, 0.15) is 17.8 Å². The first-order valence-electron chi connectivity index (χ1n) is 9.80. The summed E-state index contributed by atoms with van der Waals surface area (Å²) >= 11 is 0. The Morgan fingerprint density at radius 3 is 2.55 bits per heavy atom. The molecule has 0 radical (unpaired) electrons. The lowest BCUT2D eigenvalue weighted by Crippen LogP contribution is -2.29. The molecule has 1 aliphatic rings. The molecule has 0 unspecified atom stereocenters. The minimum Gasteiger partial charge on any atom is -0.383 e. The molecule has 1 fully saturated rings. The van der Waals surface area contributed by atoms with E-state index in [9.17, 15) is 4.79 Å². The molecular formula is C22H26N6O. The Balaban J connectivity index is 1.84. The summed E-state index contributed by atoms with van der Waals surface area (Å²) in [6.45, 7) is 5.60. The predicted octanol–water partition coefficient (Wildman–Crippen LogP) is 3.15. The van der Waals surface area contributed by atoms with Crippen LogP contribution in [-0.2, 0) is 11.8 Å². The first-order chi connectivity index (χ1) is 14.0. The fourth-order valence-corrected chi connectivity index (χ4v) is 4.26. The van der Waals surface area contributed by atoms with Crippen LogP contribution in [0.5, 0.6) is 0 Å². The Morgan fingerprint density at radius 1 is 1.21 bits per heavy atom. The molecule has 0 bridgehead atoms. The van der Waals surface area contributed by atoms with Gasteiger partial charge in [0, 0.05) is 12.7 Å². The van der Waals surface area contributed by atoms with Crippen molar-refractivity contribution in [1.82, 2.24) is 19.4 Å². The van der Waals surface area contributed by atoms with Crippen LogP contribution in [-0.4, -0.2) is 45.5 Å². The molecule has 3 heterocycles. The minimum absolute atomic E-state index is 0.225. The maximum absolute atomic E-state index is 11.6. The summed E-state index contributed by atoms with van der Waals surface area (Å²) in [5.74, 6) is 0.705. The van der Waals surface area contributed by atoms with Crippen molar-refractivity contribution < 1.29 is 4.79 Å². The highest BCUT2D eigenvalue weighted by Gasteiger charge is 2.28. The molecule has 0 atom stereocenters. The van der Waals surface area contributed by atoms with Gasteiger partial charge in [-0.15, -0.1) is 0 Å². The van der Waals surface area contributed by atoms with E-state index < -0.39 is 0 Å². The lowest BCUT2D eigenvalue weighted by molar-refractivity contribution is -0.111. The van der Waals surface area contributed by atoms with Crippen molar-refractivity contribution in [3.05, 3.63) is 48.8 Å². The molecule has 2 aromatic heterocycles. The number of hydrogen-bond donors (Lipinski definition) is 2. The lowest BCUT2D eigenvalue weighted by Gasteiger charge is -2.29. The van der Waals surface area contributed by atoms with E-state index in [1.165, 1.54) is 18.0 Å². The standard InChI is InChI=1S/C22H26N6O/c1-4-17(29)26-16-7-5-15(6-8-16)20-18(14-9-11-27(2)12-10-14)19-21(23)24-13-25-22(19)28(20)3/h4-8,13-14H,1,9-12H2,2-3H3,(H,26,29)(H2,23,24,25). The predicted molar refractivity (Wildman–Crippen MR) is 117 cm³/mol. The maximum atomic E-state index is 11.6. The SMILES string of the molecule is C=CC(=O)Nc1ccc(-c2c(C3CCN(C)CC3)c3c(N)ncnc3n2C)cc1. The van der Waals surface area contributed by atoms with Crippen molar-refractivity contribution in [2.75, 3.05) is 31.2 Å². The van der Waals surface area contributed by atoms with Gasteiger partial charge < -0.3 is 20.5 Å². The Labute approximate surface area is 170 Å². The van der Waals surface area contributed by atoms with Crippen molar-refractivity contribution >= 4 is 28.4 Å². The number of anilines is 2. The number of piperidine rings is 1. The first kappa shape index (κ1) is 19.1. The van der Waals surface area contributed by atoms with Gasteiger partial charge in [0.15, 0.2) is 0 Å². The van der Waals surface area contributed by atoms with Gasteiger partial charge in [-0.05, 0) is 68.2 Å². The molecule has 4 rings (SSSR count). The first-order valence-corrected chi connectivity index (χ1v) is 9.80. The monoisotopic (exact) mass is 390 g/mol. The number of nitrogens with one attached hydrogen (secondary N) is 1. The third-order valence-electron chi connectivity index (χ3n) is 5.77. The molecule has 150 valence electrons. The van der Waals surface area contributed by atoms with Crippen molar-refractivity contribution in [2.45, 2.75) is 18.8 Å². The van der Waals surface area contributed by atoms with Crippen molar-refractivity contribution in [3.8, 4) is 11.3 Å². The number of aryl methyl sites for hydroxylation is 1. The number of benzene rings is 1. The highest BCUT2D eigenvalue weighted by molar-refractivity contribution is 5.99. The fraction of sp³-hybridized carbons (Fsp3) is 0.318. The zero-order chi connectivity index (χ0) is 20.5. The molecule has 0 spiro atoms. The quantitative estimate of drug-likeness (QED) is 0.668. The Hall–Kier alpha value is -3.19. The van der Waals surface area contributed by atoms with Crippen LogP contribution < -0.4 is 11.1 Å². The lowest BCUT2D eigenvalue weighted by atomic mass is 9.86. The van der Waals surface area contributed by atoms with E-state index in [2.05, 4.69) is 38.4 Å². The fourth-order valence-electron chi connectivity index (χ4n) is 4.26. The number of carbonyl (C=O) groups excluding carboxylic acids is 1. The molecule has 1 aliphatic heterocycles. The number of nitrogens with two attached hydrogens (primary N) is 1. The van der Waals surface area contributed by atoms with Gasteiger partial charge >= 0.3 is 0 Å². The number of fused-ring (bicyclic) bond motifs is 1. The molecule has 0 aliphatic carbocycles. The normalized spacial score (nSPS) is 15.5. The van der Waals surface area contributed by atoms with E-state index >= 15 is 0 Å². The van der Waals surface area contributed by atoms with Crippen LogP contribution in [0.3, 0.4) is 0 Å². The van der Waals surface area contributed by atoms with E-state index in [1.54, 1.807) is 0 Å². The summed E-state index contributed by atoms with van der Waals surface area (Å²) in [4.78, 5) is 22.7. The topological polar surface area (TPSA) is 89.1 Å². The number of nitrogens with zero attached hydrogens (tertiary/aromatic N) is 4. The van der Waals surface area contributed by atoms with E-state index in [1.807, 2.05) is 31.3 Å². The Bertz CT molecular complexity index is 1060. The average Bonchev–Trinajstić information content (AvgIpc) is 3.03. The molecule has 0 saturated carbocycles. The summed E-state index contributed by atoms with van der Waals surface area (Å²) in [5, 5.41) is 3.75. The van der Waals surface area contributed by atoms with Crippen LogP contribution in [0.15, 0.2) is 43.2 Å². The summed E-state index contributed by atoms with van der Waals surface area (Å²) < 4.78 is 2.11. The van der Waals surface area contributed by atoms with Crippen molar-refractivity contribution in [2.24, 2.45) is 7.05 Å². The third-order valence-corrected chi connectivity index (χ3v) is 5.77.